The van der Waals surface area contributed by atoms with Crippen molar-refractivity contribution in [3.05, 3.63) is 12.7 Å². The first kappa shape index (κ1) is 11.7. The fraction of sp³-hybridized carbons (Fsp3) is 0.833. The van der Waals surface area contributed by atoms with Crippen molar-refractivity contribution in [1.82, 2.24) is 10.2 Å². The van der Waals surface area contributed by atoms with E-state index in [0.29, 0.717) is 6.04 Å². The Kier molecular flexibility index (Phi) is 5.20. The van der Waals surface area contributed by atoms with Crippen LogP contribution in [0.25, 0.3) is 0 Å². The van der Waals surface area contributed by atoms with Crippen molar-refractivity contribution in [2.45, 2.75) is 44.7 Å². The second-order valence-corrected chi connectivity index (χ2v) is 4.38. The molecule has 1 unspecified atom stereocenters. The fourth-order valence-electron chi connectivity index (χ4n) is 1.67. The lowest BCUT2D eigenvalue weighted by Crippen LogP contribution is -2.39. The number of rotatable bonds is 8. The quantitative estimate of drug-likeness (QED) is 0.472. The molecule has 0 aromatic heterocycles. The third-order valence-electron chi connectivity index (χ3n) is 3.02. The van der Waals surface area contributed by atoms with Crippen LogP contribution >= 0.6 is 0 Å². The molecule has 0 aromatic carbocycles. The van der Waals surface area contributed by atoms with Crippen molar-refractivity contribution in [3.63, 3.8) is 0 Å². The number of allylic oxidation sites excluding steroid dienone is 1. The Bertz CT molecular complexity index is 164. The highest BCUT2D eigenvalue weighted by Crippen LogP contribution is 2.26. The average Bonchev–Trinajstić information content (AvgIpc) is 2.99. The van der Waals surface area contributed by atoms with E-state index in [-0.39, 0.29) is 0 Å². The lowest BCUT2D eigenvalue weighted by Gasteiger charge is -2.24. The van der Waals surface area contributed by atoms with Gasteiger partial charge in [0, 0.05) is 18.6 Å². The van der Waals surface area contributed by atoms with Gasteiger partial charge >= 0.3 is 0 Å². The Hall–Kier alpha value is -0.340. The summed E-state index contributed by atoms with van der Waals surface area (Å²) >= 11 is 0. The minimum absolute atomic E-state index is 0.672. The van der Waals surface area contributed by atoms with Gasteiger partial charge in [0.15, 0.2) is 0 Å². The summed E-state index contributed by atoms with van der Waals surface area (Å²) in [6.45, 7) is 8.26. The van der Waals surface area contributed by atoms with Gasteiger partial charge in [0.2, 0.25) is 0 Å². The third-order valence-corrected chi connectivity index (χ3v) is 3.02. The first-order valence-electron chi connectivity index (χ1n) is 5.79. The van der Waals surface area contributed by atoms with Gasteiger partial charge < -0.3 is 5.32 Å². The topological polar surface area (TPSA) is 15.3 Å². The van der Waals surface area contributed by atoms with Crippen LogP contribution < -0.4 is 5.32 Å². The molecule has 0 heterocycles. The number of unbranched alkanes of at least 4 members (excludes halogenated alkanes) is 1. The third kappa shape index (κ3) is 4.25. The standard InChI is InChI=1S/C12H24N2/c1-4-5-6-9-13-10-11(2)14(3)12-7-8-12/h4,11-13H,1,5-10H2,2-3H3. The van der Waals surface area contributed by atoms with Crippen LogP contribution in [0.3, 0.4) is 0 Å². The summed E-state index contributed by atoms with van der Waals surface area (Å²) in [6, 6.07) is 1.55. The minimum atomic E-state index is 0.672. The molecule has 0 amide bonds. The molecule has 1 atom stereocenters. The Balaban J connectivity index is 1.96. The monoisotopic (exact) mass is 196 g/mol. The molecule has 0 radical (unpaired) electrons. The summed E-state index contributed by atoms with van der Waals surface area (Å²) in [5, 5.41) is 3.49. The van der Waals surface area contributed by atoms with Crippen molar-refractivity contribution in [2.75, 3.05) is 20.1 Å². The van der Waals surface area contributed by atoms with Crippen molar-refractivity contribution in [2.24, 2.45) is 0 Å². The van der Waals surface area contributed by atoms with Crippen molar-refractivity contribution in [1.29, 1.82) is 0 Å². The molecule has 82 valence electrons. The van der Waals surface area contributed by atoms with Crippen LogP contribution in [-0.4, -0.2) is 37.1 Å². The number of likely N-dealkylation sites (N-methyl/N-ethyl adjacent to an activating group) is 1. The second kappa shape index (κ2) is 6.20. The molecule has 1 fully saturated rings. The molecular weight excluding hydrogens is 172 g/mol. The maximum absolute atomic E-state index is 3.72. The Morgan fingerprint density at radius 2 is 2.29 bits per heavy atom. The molecule has 1 aliphatic carbocycles. The van der Waals surface area contributed by atoms with Crippen LogP contribution in [0.2, 0.25) is 0 Å². The van der Waals surface area contributed by atoms with Crippen molar-refractivity contribution in [3.8, 4) is 0 Å². The van der Waals surface area contributed by atoms with Crippen molar-refractivity contribution >= 4 is 0 Å². The van der Waals surface area contributed by atoms with Gasteiger partial charge in [-0.05, 0) is 46.2 Å². The molecule has 2 nitrogen and oxygen atoms in total. The lowest BCUT2D eigenvalue weighted by molar-refractivity contribution is 0.241. The summed E-state index contributed by atoms with van der Waals surface area (Å²) in [5.74, 6) is 0. The maximum atomic E-state index is 3.72. The van der Waals surface area contributed by atoms with Gasteiger partial charge in [-0.2, -0.15) is 0 Å². The molecule has 0 bridgehead atoms. The van der Waals surface area contributed by atoms with Crippen molar-refractivity contribution < 1.29 is 0 Å². The zero-order valence-electron chi connectivity index (χ0n) is 9.63. The minimum Gasteiger partial charge on any atom is -0.315 e. The summed E-state index contributed by atoms with van der Waals surface area (Å²) in [7, 11) is 2.24. The molecular formula is C12H24N2. The van der Waals surface area contributed by atoms with E-state index in [1.54, 1.807) is 0 Å². The van der Waals surface area contributed by atoms with Crippen LogP contribution in [0.4, 0.5) is 0 Å². The molecule has 1 saturated carbocycles. The van der Waals surface area contributed by atoms with Gasteiger partial charge in [0.25, 0.3) is 0 Å². The van der Waals surface area contributed by atoms with Crippen LogP contribution in [0.15, 0.2) is 12.7 Å². The Morgan fingerprint density at radius 1 is 1.57 bits per heavy atom. The van der Waals surface area contributed by atoms with Crippen LogP contribution in [0.1, 0.15) is 32.6 Å². The maximum Gasteiger partial charge on any atom is 0.0192 e. The van der Waals surface area contributed by atoms with E-state index in [1.165, 1.54) is 19.3 Å². The molecule has 14 heavy (non-hydrogen) atoms. The van der Waals surface area contributed by atoms with Gasteiger partial charge in [-0.15, -0.1) is 6.58 Å². The van der Waals surface area contributed by atoms with Gasteiger partial charge in [-0.1, -0.05) is 6.08 Å². The highest BCUT2D eigenvalue weighted by Gasteiger charge is 2.28. The number of hydrogen-bond acceptors (Lipinski definition) is 2. The number of nitrogens with zero attached hydrogens (tertiary/aromatic N) is 1. The summed E-state index contributed by atoms with van der Waals surface area (Å²) in [4.78, 5) is 2.50. The van der Waals surface area contributed by atoms with Gasteiger partial charge in [-0.25, -0.2) is 0 Å². The fourth-order valence-corrected chi connectivity index (χ4v) is 1.67. The van der Waals surface area contributed by atoms with Gasteiger partial charge in [0.1, 0.15) is 0 Å². The second-order valence-electron chi connectivity index (χ2n) is 4.38. The summed E-state index contributed by atoms with van der Waals surface area (Å²) in [6.07, 6.45) is 7.12. The molecule has 2 heteroatoms. The first-order valence-corrected chi connectivity index (χ1v) is 5.79. The average molecular weight is 196 g/mol. The Morgan fingerprint density at radius 3 is 2.86 bits per heavy atom. The van der Waals surface area contributed by atoms with E-state index in [9.17, 15) is 0 Å². The summed E-state index contributed by atoms with van der Waals surface area (Å²) in [5.41, 5.74) is 0. The zero-order valence-corrected chi connectivity index (χ0v) is 9.63. The van der Waals surface area contributed by atoms with Crippen LogP contribution in [-0.2, 0) is 0 Å². The Labute approximate surface area is 88.4 Å². The van der Waals surface area contributed by atoms with E-state index >= 15 is 0 Å². The molecule has 1 N–H and O–H groups in total. The van der Waals surface area contributed by atoms with E-state index in [1.807, 2.05) is 6.08 Å². The molecule has 0 saturated heterocycles. The summed E-state index contributed by atoms with van der Waals surface area (Å²) < 4.78 is 0. The first-order chi connectivity index (χ1) is 6.75. The largest absolute Gasteiger partial charge is 0.315 e. The molecule has 1 rings (SSSR count). The van der Waals surface area contributed by atoms with Crippen LogP contribution in [0.5, 0.6) is 0 Å². The molecule has 0 aliphatic heterocycles. The normalized spacial score (nSPS) is 18.5. The lowest BCUT2D eigenvalue weighted by atomic mass is 10.2. The molecule has 1 aliphatic rings. The smallest absolute Gasteiger partial charge is 0.0192 e. The molecule has 0 spiro atoms. The highest BCUT2D eigenvalue weighted by atomic mass is 15.2. The predicted octanol–water partition coefficient (Wildman–Crippen LogP) is 2.02. The van der Waals surface area contributed by atoms with E-state index in [0.717, 1.165) is 25.6 Å². The van der Waals surface area contributed by atoms with E-state index in [2.05, 4.69) is 30.8 Å². The van der Waals surface area contributed by atoms with Crippen LogP contribution in [0, 0.1) is 0 Å². The SMILES string of the molecule is C=CCCCNCC(C)N(C)C1CC1. The number of nitrogens with one attached hydrogen (secondary N) is 1. The van der Waals surface area contributed by atoms with E-state index < -0.39 is 0 Å². The zero-order chi connectivity index (χ0) is 10.4. The van der Waals surface area contributed by atoms with E-state index in [4.69, 9.17) is 0 Å². The highest BCUT2D eigenvalue weighted by molar-refractivity contribution is 4.85. The number of hydrogen-bond donors (Lipinski definition) is 1. The van der Waals surface area contributed by atoms with Gasteiger partial charge in [0.05, 0.1) is 0 Å². The van der Waals surface area contributed by atoms with Gasteiger partial charge in [-0.3, -0.25) is 4.90 Å². The predicted molar refractivity (Wildman–Crippen MR) is 62.5 cm³/mol. The molecule has 0 aromatic rings.